The minimum Gasteiger partial charge on any atom is -0.491 e. The van der Waals surface area contributed by atoms with E-state index in [4.69, 9.17) is 4.74 Å². The smallest absolute Gasteiger partial charge is 0.390 e. The van der Waals surface area contributed by atoms with Crippen LogP contribution in [-0.4, -0.2) is 36.3 Å². The highest BCUT2D eigenvalue weighted by molar-refractivity contribution is 5.90. The van der Waals surface area contributed by atoms with Gasteiger partial charge in [0.05, 0.1) is 12.5 Å². The molecule has 2 amide bonds. The fourth-order valence-electron chi connectivity index (χ4n) is 1.98. The van der Waals surface area contributed by atoms with Gasteiger partial charge < -0.3 is 15.0 Å². The molecule has 0 heterocycles. The number of carbonyl (C=O) groups is 1. The first-order valence-corrected chi connectivity index (χ1v) is 7.52. The van der Waals surface area contributed by atoms with Gasteiger partial charge in [0.15, 0.2) is 0 Å². The molecule has 1 aromatic carbocycles. The number of rotatable bonds is 6. The average Bonchev–Trinajstić information content (AvgIpc) is 2.40. The van der Waals surface area contributed by atoms with Gasteiger partial charge in [-0.25, -0.2) is 4.79 Å². The third kappa shape index (κ3) is 6.80. The Morgan fingerprint density at radius 2 is 2.00 bits per heavy atom. The van der Waals surface area contributed by atoms with Gasteiger partial charge in [-0.15, -0.1) is 0 Å². The van der Waals surface area contributed by atoms with Crippen LogP contribution in [0.25, 0.3) is 0 Å². The van der Waals surface area contributed by atoms with Crippen molar-refractivity contribution in [2.24, 2.45) is 0 Å². The zero-order valence-electron chi connectivity index (χ0n) is 13.8. The van der Waals surface area contributed by atoms with Crippen molar-refractivity contribution >= 4 is 11.7 Å². The highest BCUT2D eigenvalue weighted by atomic mass is 19.4. The summed E-state index contributed by atoms with van der Waals surface area (Å²) in [5.41, 5.74) is 1.33. The molecular weight excluding hydrogens is 309 g/mol. The Morgan fingerprint density at radius 1 is 1.35 bits per heavy atom. The number of amides is 2. The number of benzene rings is 1. The molecule has 0 spiro atoms. The number of alkyl halides is 3. The van der Waals surface area contributed by atoms with E-state index in [-0.39, 0.29) is 19.2 Å². The number of halogens is 3. The van der Waals surface area contributed by atoms with Gasteiger partial charge >= 0.3 is 12.2 Å². The zero-order chi connectivity index (χ0) is 17.6. The number of nitrogens with one attached hydrogen (secondary N) is 1. The fraction of sp³-hybridized carbons (Fsp3) is 0.562. The van der Waals surface area contributed by atoms with Crippen LogP contribution in [0.15, 0.2) is 18.2 Å². The van der Waals surface area contributed by atoms with Crippen LogP contribution in [0.5, 0.6) is 5.75 Å². The van der Waals surface area contributed by atoms with Crippen molar-refractivity contribution in [1.82, 2.24) is 4.90 Å². The summed E-state index contributed by atoms with van der Waals surface area (Å²) >= 11 is 0. The maximum absolute atomic E-state index is 12.3. The predicted octanol–water partition coefficient (Wildman–Crippen LogP) is 4.59. The van der Waals surface area contributed by atoms with Gasteiger partial charge in [0.1, 0.15) is 5.75 Å². The maximum atomic E-state index is 12.3. The lowest BCUT2D eigenvalue weighted by Gasteiger charge is -2.22. The quantitative estimate of drug-likeness (QED) is 0.828. The highest BCUT2D eigenvalue weighted by Crippen LogP contribution is 2.23. The largest absolute Gasteiger partial charge is 0.491 e. The van der Waals surface area contributed by atoms with Crippen LogP contribution in [0.4, 0.5) is 23.7 Å². The van der Waals surface area contributed by atoms with Crippen LogP contribution in [0.1, 0.15) is 32.8 Å². The molecular formula is C16H23F3N2O2. The number of nitrogens with zero attached hydrogens (tertiary/aromatic N) is 1. The van der Waals surface area contributed by atoms with E-state index in [0.29, 0.717) is 11.4 Å². The molecule has 0 bridgehead atoms. The Labute approximate surface area is 134 Å². The molecule has 0 atom stereocenters. The van der Waals surface area contributed by atoms with Gasteiger partial charge in [-0.2, -0.15) is 13.2 Å². The molecule has 0 radical (unpaired) electrons. The lowest BCUT2D eigenvalue weighted by molar-refractivity contribution is -0.136. The molecule has 7 heteroatoms. The van der Waals surface area contributed by atoms with Crippen molar-refractivity contribution in [3.63, 3.8) is 0 Å². The lowest BCUT2D eigenvalue weighted by atomic mass is 10.2. The second-order valence-electron chi connectivity index (χ2n) is 5.52. The van der Waals surface area contributed by atoms with Gasteiger partial charge in [-0.1, -0.05) is 0 Å². The summed E-state index contributed by atoms with van der Waals surface area (Å²) in [5, 5.41) is 2.64. The molecule has 1 N–H and O–H groups in total. The summed E-state index contributed by atoms with van der Waals surface area (Å²) in [6.45, 7) is 7.10. The molecule has 4 nitrogen and oxygen atoms in total. The maximum Gasteiger partial charge on any atom is 0.390 e. The SMILES string of the molecule is CCN(CCC(F)(F)F)C(=O)Nc1ccc(OC(C)C)cc1C. The minimum atomic E-state index is -4.28. The van der Waals surface area contributed by atoms with Crippen LogP contribution < -0.4 is 10.1 Å². The number of anilines is 1. The third-order valence-corrected chi connectivity index (χ3v) is 3.15. The van der Waals surface area contributed by atoms with Gasteiger partial charge in [0.2, 0.25) is 0 Å². The van der Waals surface area contributed by atoms with Crippen molar-refractivity contribution in [3.05, 3.63) is 23.8 Å². The molecule has 0 unspecified atom stereocenters. The Balaban J connectivity index is 2.71. The number of hydrogen-bond donors (Lipinski definition) is 1. The topological polar surface area (TPSA) is 41.6 Å². The molecule has 0 aliphatic heterocycles. The first kappa shape index (κ1) is 19.1. The summed E-state index contributed by atoms with van der Waals surface area (Å²) in [6, 6.07) is 4.64. The minimum absolute atomic E-state index is 0.0350. The van der Waals surface area contributed by atoms with E-state index in [0.717, 1.165) is 10.5 Å². The van der Waals surface area contributed by atoms with Crippen molar-refractivity contribution in [2.45, 2.75) is 46.4 Å². The van der Waals surface area contributed by atoms with Crippen molar-refractivity contribution in [1.29, 1.82) is 0 Å². The molecule has 23 heavy (non-hydrogen) atoms. The van der Waals surface area contributed by atoms with E-state index >= 15 is 0 Å². The van der Waals surface area contributed by atoms with E-state index in [2.05, 4.69) is 5.32 Å². The number of ether oxygens (including phenoxy) is 1. The molecule has 0 aliphatic rings. The first-order chi connectivity index (χ1) is 10.6. The summed E-state index contributed by atoms with van der Waals surface area (Å²) in [6.07, 6.45) is -5.26. The Bertz CT molecular complexity index is 531. The lowest BCUT2D eigenvalue weighted by Crippen LogP contribution is -2.37. The van der Waals surface area contributed by atoms with Crippen LogP contribution in [0.2, 0.25) is 0 Å². The van der Waals surface area contributed by atoms with Gasteiger partial charge in [0, 0.05) is 18.8 Å². The number of aryl methyl sites for hydroxylation is 1. The third-order valence-electron chi connectivity index (χ3n) is 3.15. The second-order valence-corrected chi connectivity index (χ2v) is 5.52. The number of urea groups is 1. The van der Waals surface area contributed by atoms with E-state index in [1.807, 2.05) is 13.8 Å². The van der Waals surface area contributed by atoms with E-state index in [1.165, 1.54) is 0 Å². The number of carbonyl (C=O) groups excluding carboxylic acids is 1. The summed E-state index contributed by atoms with van der Waals surface area (Å²) < 4.78 is 42.4. The summed E-state index contributed by atoms with van der Waals surface area (Å²) in [7, 11) is 0. The molecule has 0 saturated carbocycles. The molecule has 1 aromatic rings. The number of hydrogen-bond acceptors (Lipinski definition) is 2. The average molecular weight is 332 g/mol. The van der Waals surface area contributed by atoms with E-state index in [9.17, 15) is 18.0 Å². The summed E-state index contributed by atoms with van der Waals surface area (Å²) in [5.74, 6) is 0.680. The summed E-state index contributed by atoms with van der Waals surface area (Å²) in [4.78, 5) is 13.2. The fourth-order valence-corrected chi connectivity index (χ4v) is 1.98. The molecule has 130 valence electrons. The van der Waals surface area contributed by atoms with Crippen LogP contribution in [0, 0.1) is 6.92 Å². The second kappa shape index (κ2) is 8.08. The first-order valence-electron chi connectivity index (χ1n) is 7.52. The van der Waals surface area contributed by atoms with Crippen molar-refractivity contribution < 1.29 is 22.7 Å². The van der Waals surface area contributed by atoms with Crippen LogP contribution in [-0.2, 0) is 0 Å². The standard InChI is InChI=1S/C16H23F3N2O2/c1-5-21(9-8-16(17,18)19)15(22)20-14-7-6-13(10-12(14)4)23-11(2)3/h6-7,10-11H,5,8-9H2,1-4H3,(H,20,22). The highest BCUT2D eigenvalue weighted by Gasteiger charge is 2.28. The monoisotopic (exact) mass is 332 g/mol. The van der Waals surface area contributed by atoms with Gasteiger partial charge in [-0.05, 0) is 51.5 Å². The van der Waals surface area contributed by atoms with Crippen LogP contribution >= 0.6 is 0 Å². The molecule has 0 aliphatic carbocycles. The molecule has 1 rings (SSSR count). The van der Waals surface area contributed by atoms with Crippen molar-refractivity contribution in [2.75, 3.05) is 18.4 Å². The Morgan fingerprint density at radius 3 is 2.48 bits per heavy atom. The predicted molar refractivity (Wildman–Crippen MR) is 83.9 cm³/mol. The zero-order valence-corrected chi connectivity index (χ0v) is 13.8. The normalized spacial score (nSPS) is 11.5. The van der Waals surface area contributed by atoms with Crippen LogP contribution in [0.3, 0.4) is 0 Å². The Kier molecular flexibility index (Phi) is 6.72. The van der Waals surface area contributed by atoms with Gasteiger partial charge in [0.25, 0.3) is 0 Å². The Hall–Kier alpha value is -1.92. The van der Waals surface area contributed by atoms with Gasteiger partial charge in [-0.3, -0.25) is 0 Å². The molecule has 0 aromatic heterocycles. The van der Waals surface area contributed by atoms with Crippen molar-refractivity contribution in [3.8, 4) is 5.75 Å². The molecule has 0 saturated heterocycles. The molecule has 0 fully saturated rings. The van der Waals surface area contributed by atoms with E-state index in [1.54, 1.807) is 32.0 Å². The van der Waals surface area contributed by atoms with E-state index < -0.39 is 18.6 Å².